The molecule has 0 spiro atoms. The Hall–Kier alpha value is -1.14. The first-order valence-electron chi connectivity index (χ1n) is 6.29. The lowest BCUT2D eigenvalue weighted by atomic mass is 9.90. The van der Waals surface area contributed by atoms with Crippen molar-refractivity contribution in [3.8, 4) is 0 Å². The zero-order chi connectivity index (χ0) is 15.2. The minimum Gasteiger partial charge on any atom is -0.396 e. The van der Waals surface area contributed by atoms with Crippen molar-refractivity contribution in [1.29, 1.82) is 0 Å². The summed E-state index contributed by atoms with van der Waals surface area (Å²) in [6, 6.07) is 3.27. The van der Waals surface area contributed by atoms with E-state index in [4.69, 9.17) is 5.11 Å². The third-order valence-corrected chi connectivity index (χ3v) is 3.85. The normalized spacial score (nSPS) is 11.4. The molecule has 1 aromatic rings. The van der Waals surface area contributed by atoms with Gasteiger partial charge < -0.3 is 10.4 Å². The highest BCUT2D eigenvalue weighted by Crippen LogP contribution is 2.22. The van der Waals surface area contributed by atoms with E-state index in [9.17, 15) is 13.6 Å². The number of aliphatic hydroxyl groups excluding tert-OH is 1. The van der Waals surface area contributed by atoms with Crippen molar-refractivity contribution in [2.75, 3.05) is 18.9 Å². The van der Waals surface area contributed by atoms with Gasteiger partial charge in [-0.1, -0.05) is 13.8 Å². The summed E-state index contributed by atoms with van der Waals surface area (Å²) >= 11 is 1.02. The average molecular weight is 303 g/mol. The lowest BCUT2D eigenvalue weighted by Crippen LogP contribution is -2.35. The van der Waals surface area contributed by atoms with Crippen LogP contribution in [0.25, 0.3) is 0 Å². The fraction of sp³-hybridized carbons (Fsp3) is 0.500. The first-order chi connectivity index (χ1) is 9.34. The second kappa shape index (κ2) is 7.59. The van der Waals surface area contributed by atoms with Gasteiger partial charge in [-0.2, -0.15) is 0 Å². The van der Waals surface area contributed by atoms with Crippen LogP contribution in [0.5, 0.6) is 0 Å². The molecule has 0 aliphatic rings. The van der Waals surface area contributed by atoms with E-state index in [-0.39, 0.29) is 28.6 Å². The van der Waals surface area contributed by atoms with Crippen LogP contribution in [0.2, 0.25) is 0 Å². The number of carbonyl (C=O) groups excluding carboxylic acids is 1. The van der Waals surface area contributed by atoms with Crippen molar-refractivity contribution in [3.63, 3.8) is 0 Å². The van der Waals surface area contributed by atoms with E-state index < -0.39 is 11.6 Å². The van der Waals surface area contributed by atoms with Crippen LogP contribution in [-0.2, 0) is 4.79 Å². The average Bonchev–Trinajstić information content (AvgIpc) is 2.35. The monoisotopic (exact) mass is 303 g/mol. The number of carbonyl (C=O) groups is 1. The van der Waals surface area contributed by atoms with Crippen LogP contribution in [0.3, 0.4) is 0 Å². The van der Waals surface area contributed by atoms with Crippen molar-refractivity contribution in [2.24, 2.45) is 5.41 Å². The van der Waals surface area contributed by atoms with Crippen LogP contribution < -0.4 is 5.32 Å². The SMILES string of the molecule is CC(C)(CCO)CNC(=O)CSc1ccc(F)cc1F. The van der Waals surface area contributed by atoms with Gasteiger partial charge in [-0.05, 0) is 24.0 Å². The lowest BCUT2D eigenvalue weighted by molar-refractivity contribution is -0.119. The summed E-state index contributed by atoms with van der Waals surface area (Å²) in [4.78, 5) is 11.9. The van der Waals surface area contributed by atoms with Gasteiger partial charge in [0.1, 0.15) is 11.6 Å². The molecule has 0 atom stereocenters. The van der Waals surface area contributed by atoms with Gasteiger partial charge in [-0.25, -0.2) is 8.78 Å². The maximum absolute atomic E-state index is 13.4. The zero-order valence-electron chi connectivity index (χ0n) is 11.6. The molecule has 0 saturated heterocycles. The van der Waals surface area contributed by atoms with Crippen molar-refractivity contribution < 1.29 is 18.7 Å². The highest BCUT2D eigenvalue weighted by Gasteiger charge is 2.18. The molecule has 0 heterocycles. The minimum absolute atomic E-state index is 0.0672. The van der Waals surface area contributed by atoms with Crippen LogP contribution >= 0.6 is 11.8 Å². The number of hydrogen-bond donors (Lipinski definition) is 2. The van der Waals surface area contributed by atoms with Gasteiger partial charge in [-0.15, -0.1) is 11.8 Å². The fourth-order valence-corrected chi connectivity index (χ4v) is 2.27. The molecule has 1 amide bonds. The van der Waals surface area contributed by atoms with E-state index in [2.05, 4.69) is 5.32 Å². The number of halogens is 2. The van der Waals surface area contributed by atoms with E-state index in [1.807, 2.05) is 13.8 Å². The Kier molecular flexibility index (Phi) is 6.42. The molecule has 3 nitrogen and oxygen atoms in total. The predicted octanol–water partition coefficient (Wildman–Crippen LogP) is 2.58. The maximum Gasteiger partial charge on any atom is 0.230 e. The molecule has 0 bridgehead atoms. The van der Waals surface area contributed by atoms with E-state index in [0.29, 0.717) is 13.0 Å². The lowest BCUT2D eigenvalue weighted by Gasteiger charge is -2.23. The molecule has 0 radical (unpaired) electrons. The van der Waals surface area contributed by atoms with Crippen LogP contribution in [0.4, 0.5) is 8.78 Å². The van der Waals surface area contributed by atoms with Crippen molar-refractivity contribution in [2.45, 2.75) is 25.2 Å². The smallest absolute Gasteiger partial charge is 0.230 e. The Bertz CT molecular complexity index is 466. The summed E-state index contributed by atoms with van der Waals surface area (Å²) in [5.41, 5.74) is -0.184. The van der Waals surface area contributed by atoms with E-state index in [0.717, 1.165) is 23.9 Å². The second-order valence-corrected chi connectivity index (χ2v) is 6.30. The van der Waals surface area contributed by atoms with Crippen LogP contribution in [0.1, 0.15) is 20.3 Å². The Balaban J connectivity index is 2.40. The standard InChI is InChI=1S/C14H19F2NO2S/c1-14(2,5-6-18)9-17-13(19)8-20-12-4-3-10(15)7-11(12)16/h3-4,7,18H,5-6,8-9H2,1-2H3,(H,17,19). The number of nitrogens with one attached hydrogen (secondary N) is 1. The van der Waals surface area contributed by atoms with Gasteiger partial charge in [0.25, 0.3) is 0 Å². The van der Waals surface area contributed by atoms with Gasteiger partial charge in [0.05, 0.1) is 5.75 Å². The number of amides is 1. The molecule has 0 aliphatic heterocycles. The molecular weight excluding hydrogens is 284 g/mol. The first kappa shape index (κ1) is 16.9. The molecule has 2 N–H and O–H groups in total. The Morgan fingerprint density at radius 1 is 1.40 bits per heavy atom. The van der Waals surface area contributed by atoms with Crippen molar-refractivity contribution >= 4 is 17.7 Å². The molecule has 0 saturated carbocycles. The summed E-state index contributed by atoms with van der Waals surface area (Å²) in [5.74, 6) is -1.45. The largest absolute Gasteiger partial charge is 0.396 e. The Morgan fingerprint density at radius 3 is 2.70 bits per heavy atom. The third kappa shape index (κ3) is 5.88. The molecule has 6 heteroatoms. The van der Waals surface area contributed by atoms with Crippen LogP contribution in [0, 0.1) is 17.0 Å². The number of thioether (sulfide) groups is 1. The Morgan fingerprint density at radius 2 is 2.10 bits per heavy atom. The van der Waals surface area contributed by atoms with E-state index in [1.54, 1.807) is 0 Å². The first-order valence-corrected chi connectivity index (χ1v) is 7.28. The molecule has 1 rings (SSSR count). The van der Waals surface area contributed by atoms with Gasteiger partial charge in [-0.3, -0.25) is 4.79 Å². The quantitative estimate of drug-likeness (QED) is 0.761. The van der Waals surface area contributed by atoms with Gasteiger partial charge in [0.15, 0.2) is 0 Å². The van der Waals surface area contributed by atoms with Crippen LogP contribution in [-0.4, -0.2) is 29.9 Å². The number of aliphatic hydroxyl groups is 1. The molecule has 0 aromatic heterocycles. The molecule has 0 aliphatic carbocycles. The Labute approximate surface area is 121 Å². The summed E-state index contributed by atoms with van der Waals surface area (Å²) in [6.45, 7) is 4.39. The molecule has 0 fully saturated rings. The predicted molar refractivity (Wildman–Crippen MR) is 75.6 cm³/mol. The van der Waals surface area contributed by atoms with Crippen molar-refractivity contribution in [1.82, 2.24) is 5.32 Å². The van der Waals surface area contributed by atoms with Crippen LogP contribution in [0.15, 0.2) is 23.1 Å². The third-order valence-electron chi connectivity index (χ3n) is 2.81. The second-order valence-electron chi connectivity index (χ2n) is 5.28. The molecular formula is C14H19F2NO2S. The minimum atomic E-state index is -0.664. The summed E-state index contributed by atoms with van der Waals surface area (Å²) in [7, 11) is 0. The summed E-state index contributed by atoms with van der Waals surface area (Å²) in [6.07, 6.45) is 0.590. The molecule has 1 aromatic carbocycles. The number of rotatable bonds is 7. The zero-order valence-corrected chi connectivity index (χ0v) is 12.4. The molecule has 112 valence electrons. The molecule has 0 unspecified atom stereocenters. The number of hydrogen-bond acceptors (Lipinski definition) is 3. The highest BCUT2D eigenvalue weighted by molar-refractivity contribution is 8.00. The van der Waals surface area contributed by atoms with Gasteiger partial charge in [0, 0.05) is 24.1 Å². The van der Waals surface area contributed by atoms with E-state index in [1.165, 1.54) is 6.07 Å². The topological polar surface area (TPSA) is 49.3 Å². The van der Waals surface area contributed by atoms with E-state index >= 15 is 0 Å². The summed E-state index contributed by atoms with van der Waals surface area (Å²) < 4.78 is 26.1. The van der Waals surface area contributed by atoms with Crippen molar-refractivity contribution in [3.05, 3.63) is 29.8 Å². The maximum atomic E-state index is 13.4. The number of benzene rings is 1. The van der Waals surface area contributed by atoms with Gasteiger partial charge in [0.2, 0.25) is 5.91 Å². The molecule has 20 heavy (non-hydrogen) atoms. The fourth-order valence-electron chi connectivity index (χ4n) is 1.52. The highest BCUT2D eigenvalue weighted by atomic mass is 32.2. The van der Waals surface area contributed by atoms with Gasteiger partial charge >= 0.3 is 0 Å². The summed E-state index contributed by atoms with van der Waals surface area (Å²) in [5, 5.41) is 11.6.